The van der Waals surface area contributed by atoms with Crippen LogP contribution in [0.1, 0.15) is 36.7 Å². The SMILES string of the molecule is CC(C)(C)OC(=O)NCc1cc(N)cc(C(=O)O)c1. The van der Waals surface area contributed by atoms with Crippen molar-refractivity contribution < 1.29 is 19.4 Å². The number of ether oxygens (including phenoxy) is 1. The summed E-state index contributed by atoms with van der Waals surface area (Å²) in [4.78, 5) is 22.3. The molecule has 0 spiro atoms. The molecule has 0 aliphatic rings. The standard InChI is InChI=1S/C13H18N2O4/c1-13(2,3)19-12(18)15-7-8-4-9(11(16)17)6-10(14)5-8/h4-6H,7,14H2,1-3H3,(H,15,18)(H,16,17). The fourth-order valence-corrected chi connectivity index (χ4v) is 1.43. The van der Waals surface area contributed by atoms with Gasteiger partial charge in [0.15, 0.2) is 0 Å². The maximum atomic E-state index is 11.5. The summed E-state index contributed by atoms with van der Waals surface area (Å²) in [5, 5.41) is 11.4. The molecular weight excluding hydrogens is 248 g/mol. The Kier molecular flexibility index (Phi) is 4.37. The molecule has 1 aromatic rings. The first-order valence-corrected chi connectivity index (χ1v) is 5.77. The van der Waals surface area contributed by atoms with E-state index < -0.39 is 17.7 Å². The second kappa shape index (κ2) is 5.60. The highest BCUT2D eigenvalue weighted by atomic mass is 16.6. The van der Waals surface area contributed by atoms with Gasteiger partial charge in [-0.25, -0.2) is 9.59 Å². The van der Waals surface area contributed by atoms with E-state index in [1.54, 1.807) is 26.8 Å². The number of anilines is 1. The van der Waals surface area contributed by atoms with Crippen molar-refractivity contribution >= 4 is 17.7 Å². The average Bonchev–Trinajstić information content (AvgIpc) is 2.23. The molecule has 0 saturated carbocycles. The minimum atomic E-state index is -1.06. The predicted octanol–water partition coefficient (Wildman–Crippen LogP) is 1.99. The molecule has 0 saturated heterocycles. The summed E-state index contributed by atoms with van der Waals surface area (Å²) in [5.41, 5.74) is 6.04. The van der Waals surface area contributed by atoms with Gasteiger partial charge in [-0.05, 0) is 44.5 Å². The molecule has 0 aliphatic carbocycles. The number of aromatic carboxylic acids is 1. The maximum absolute atomic E-state index is 11.5. The van der Waals surface area contributed by atoms with E-state index in [-0.39, 0.29) is 12.1 Å². The van der Waals surface area contributed by atoms with Crippen LogP contribution in [0.15, 0.2) is 18.2 Å². The van der Waals surface area contributed by atoms with Gasteiger partial charge in [-0.15, -0.1) is 0 Å². The van der Waals surface area contributed by atoms with Gasteiger partial charge in [0.25, 0.3) is 0 Å². The molecule has 0 bridgehead atoms. The summed E-state index contributed by atoms with van der Waals surface area (Å²) in [6.45, 7) is 5.43. The van der Waals surface area contributed by atoms with Crippen LogP contribution >= 0.6 is 0 Å². The number of carbonyl (C=O) groups excluding carboxylic acids is 1. The van der Waals surface area contributed by atoms with E-state index in [4.69, 9.17) is 15.6 Å². The van der Waals surface area contributed by atoms with Crippen LogP contribution < -0.4 is 11.1 Å². The van der Waals surface area contributed by atoms with Gasteiger partial charge in [-0.3, -0.25) is 0 Å². The Morgan fingerprint density at radius 2 is 1.95 bits per heavy atom. The van der Waals surface area contributed by atoms with Gasteiger partial charge in [0, 0.05) is 12.2 Å². The van der Waals surface area contributed by atoms with Gasteiger partial charge in [-0.1, -0.05) is 0 Å². The van der Waals surface area contributed by atoms with Crippen LogP contribution in [0.3, 0.4) is 0 Å². The van der Waals surface area contributed by atoms with Crippen LogP contribution in [-0.4, -0.2) is 22.8 Å². The van der Waals surface area contributed by atoms with E-state index in [0.29, 0.717) is 11.3 Å². The lowest BCUT2D eigenvalue weighted by Crippen LogP contribution is -2.32. The van der Waals surface area contributed by atoms with E-state index >= 15 is 0 Å². The Labute approximate surface area is 111 Å². The highest BCUT2D eigenvalue weighted by molar-refractivity contribution is 5.89. The highest BCUT2D eigenvalue weighted by Crippen LogP contribution is 2.13. The molecule has 4 N–H and O–H groups in total. The molecule has 6 heteroatoms. The van der Waals surface area contributed by atoms with Crippen LogP contribution in [0.5, 0.6) is 0 Å². The third kappa shape index (κ3) is 5.29. The van der Waals surface area contributed by atoms with Gasteiger partial charge in [-0.2, -0.15) is 0 Å². The van der Waals surface area contributed by atoms with Crippen molar-refractivity contribution in [2.45, 2.75) is 32.9 Å². The van der Waals surface area contributed by atoms with Crippen LogP contribution in [-0.2, 0) is 11.3 Å². The molecular formula is C13H18N2O4. The smallest absolute Gasteiger partial charge is 0.407 e. The van der Waals surface area contributed by atoms with Crippen molar-refractivity contribution in [3.8, 4) is 0 Å². The summed E-state index contributed by atoms with van der Waals surface area (Å²) in [6, 6.07) is 4.42. The Hall–Kier alpha value is -2.24. The maximum Gasteiger partial charge on any atom is 0.407 e. The first-order chi connectivity index (χ1) is 8.67. The van der Waals surface area contributed by atoms with E-state index in [1.807, 2.05) is 0 Å². The van der Waals surface area contributed by atoms with Gasteiger partial charge >= 0.3 is 12.1 Å². The van der Waals surface area contributed by atoms with E-state index in [1.165, 1.54) is 12.1 Å². The molecule has 0 atom stereocenters. The van der Waals surface area contributed by atoms with Crippen molar-refractivity contribution in [1.82, 2.24) is 5.32 Å². The number of carboxylic acids is 1. The Morgan fingerprint density at radius 1 is 1.32 bits per heavy atom. The fourth-order valence-electron chi connectivity index (χ4n) is 1.43. The van der Waals surface area contributed by atoms with E-state index in [0.717, 1.165) is 0 Å². The number of nitrogens with two attached hydrogens (primary N) is 1. The quantitative estimate of drug-likeness (QED) is 0.726. The number of amides is 1. The van der Waals surface area contributed by atoms with Gasteiger partial charge < -0.3 is 20.9 Å². The molecule has 1 amide bonds. The zero-order valence-electron chi connectivity index (χ0n) is 11.2. The monoisotopic (exact) mass is 266 g/mol. The average molecular weight is 266 g/mol. The van der Waals surface area contributed by atoms with Crippen LogP contribution in [0.25, 0.3) is 0 Å². The number of hydrogen-bond donors (Lipinski definition) is 3. The van der Waals surface area contributed by atoms with Crippen molar-refractivity contribution in [3.63, 3.8) is 0 Å². The third-order valence-corrected chi connectivity index (χ3v) is 2.10. The Morgan fingerprint density at radius 3 is 2.47 bits per heavy atom. The van der Waals surface area contributed by atoms with E-state index in [9.17, 15) is 9.59 Å². The van der Waals surface area contributed by atoms with Gasteiger partial charge in [0.05, 0.1) is 5.56 Å². The summed E-state index contributed by atoms with van der Waals surface area (Å²) >= 11 is 0. The number of hydrogen-bond acceptors (Lipinski definition) is 4. The summed E-state index contributed by atoms with van der Waals surface area (Å²) < 4.78 is 5.07. The van der Waals surface area contributed by atoms with E-state index in [2.05, 4.69) is 5.32 Å². The number of alkyl carbamates (subject to hydrolysis) is 1. The first-order valence-electron chi connectivity index (χ1n) is 5.77. The second-order valence-electron chi connectivity index (χ2n) is 5.12. The number of carbonyl (C=O) groups is 2. The largest absolute Gasteiger partial charge is 0.478 e. The number of nitrogens with one attached hydrogen (secondary N) is 1. The molecule has 0 aromatic heterocycles. The van der Waals surface area contributed by atoms with Gasteiger partial charge in [0.1, 0.15) is 5.60 Å². The highest BCUT2D eigenvalue weighted by Gasteiger charge is 2.16. The third-order valence-electron chi connectivity index (χ3n) is 2.10. The molecule has 1 rings (SSSR count). The molecule has 0 aliphatic heterocycles. The summed E-state index contributed by atoms with van der Waals surface area (Å²) in [7, 11) is 0. The summed E-state index contributed by atoms with van der Waals surface area (Å²) in [5.74, 6) is -1.06. The van der Waals surface area contributed by atoms with Crippen molar-refractivity contribution in [2.24, 2.45) is 0 Å². The predicted molar refractivity (Wildman–Crippen MR) is 70.9 cm³/mol. The minimum absolute atomic E-state index is 0.0842. The normalized spacial score (nSPS) is 10.9. The second-order valence-corrected chi connectivity index (χ2v) is 5.12. The molecule has 0 fully saturated rings. The van der Waals surface area contributed by atoms with Crippen molar-refractivity contribution in [3.05, 3.63) is 29.3 Å². The number of rotatable bonds is 3. The fraction of sp³-hybridized carbons (Fsp3) is 0.385. The van der Waals surface area contributed by atoms with Crippen molar-refractivity contribution in [2.75, 3.05) is 5.73 Å². The first kappa shape index (κ1) is 14.8. The number of carboxylic acid groups (broad SMARTS) is 1. The molecule has 0 unspecified atom stereocenters. The van der Waals surface area contributed by atoms with Crippen molar-refractivity contribution in [1.29, 1.82) is 0 Å². The summed E-state index contributed by atoms with van der Waals surface area (Å²) in [6.07, 6.45) is -0.563. The zero-order chi connectivity index (χ0) is 14.6. The topological polar surface area (TPSA) is 102 Å². The molecule has 0 radical (unpaired) electrons. The molecule has 1 aromatic carbocycles. The van der Waals surface area contributed by atoms with Crippen LogP contribution in [0.2, 0.25) is 0 Å². The molecule has 104 valence electrons. The molecule has 6 nitrogen and oxygen atoms in total. The van der Waals surface area contributed by atoms with Crippen LogP contribution in [0, 0.1) is 0 Å². The lowest BCUT2D eigenvalue weighted by atomic mass is 10.1. The molecule has 19 heavy (non-hydrogen) atoms. The van der Waals surface area contributed by atoms with Gasteiger partial charge in [0.2, 0.25) is 0 Å². The Balaban J connectivity index is 2.68. The molecule has 0 heterocycles. The number of benzene rings is 1. The number of nitrogen functional groups attached to an aromatic ring is 1. The minimum Gasteiger partial charge on any atom is -0.478 e. The van der Waals surface area contributed by atoms with Crippen LogP contribution in [0.4, 0.5) is 10.5 Å². The Bertz CT molecular complexity index is 492. The zero-order valence-corrected chi connectivity index (χ0v) is 11.2. The lowest BCUT2D eigenvalue weighted by molar-refractivity contribution is 0.0523. The lowest BCUT2D eigenvalue weighted by Gasteiger charge is -2.19.